The molecule has 0 amide bonds. The summed E-state index contributed by atoms with van der Waals surface area (Å²) in [6.07, 6.45) is 2.69. The van der Waals surface area contributed by atoms with Crippen molar-refractivity contribution in [1.82, 2.24) is 0 Å². The predicted molar refractivity (Wildman–Crippen MR) is 61.7 cm³/mol. The van der Waals surface area contributed by atoms with Gasteiger partial charge in [0.05, 0.1) is 19.8 Å². The normalized spacial score (nSPS) is 13.4. The van der Waals surface area contributed by atoms with E-state index < -0.39 is 14.4 Å². The molecule has 0 aliphatic heterocycles. The SMILES string of the molecule is CCCOC(OCCC)P(O)OCCC. The molecule has 0 fully saturated rings. The van der Waals surface area contributed by atoms with Crippen molar-refractivity contribution >= 4 is 8.38 Å². The maximum atomic E-state index is 9.69. The van der Waals surface area contributed by atoms with Crippen molar-refractivity contribution in [2.24, 2.45) is 0 Å². The van der Waals surface area contributed by atoms with Crippen LogP contribution in [0.1, 0.15) is 40.0 Å². The molecule has 0 aromatic rings. The highest BCUT2D eigenvalue weighted by Crippen LogP contribution is 2.39. The van der Waals surface area contributed by atoms with Crippen molar-refractivity contribution in [3.63, 3.8) is 0 Å². The molecule has 0 rings (SSSR count). The Kier molecular flexibility index (Phi) is 11.0. The second-order valence-corrected chi connectivity index (χ2v) is 4.47. The van der Waals surface area contributed by atoms with Gasteiger partial charge in [0, 0.05) is 0 Å². The summed E-state index contributed by atoms with van der Waals surface area (Å²) in [5, 5.41) is 0. The largest absolute Gasteiger partial charge is 0.346 e. The molecular weight excluding hydrogens is 215 g/mol. The van der Waals surface area contributed by atoms with Gasteiger partial charge in [-0.15, -0.1) is 0 Å². The Bertz CT molecular complexity index is 127. The van der Waals surface area contributed by atoms with Crippen molar-refractivity contribution < 1.29 is 18.9 Å². The van der Waals surface area contributed by atoms with Gasteiger partial charge in [-0.2, -0.15) is 0 Å². The first-order valence-corrected chi connectivity index (χ1v) is 6.88. The Hall–Kier alpha value is 0.270. The number of hydrogen-bond donors (Lipinski definition) is 1. The van der Waals surface area contributed by atoms with Gasteiger partial charge in [0.2, 0.25) is 14.4 Å². The average Bonchev–Trinajstić information content (AvgIpc) is 2.26. The van der Waals surface area contributed by atoms with Gasteiger partial charge in [0.25, 0.3) is 0 Å². The minimum atomic E-state index is -1.62. The van der Waals surface area contributed by atoms with Gasteiger partial charge in [-0.3, -0.25) is 0 Å². The summed E-state index contributed by atoms with van der Waals surface area (Å²) in [6.45, 7) is 7.75. The van der Waals surface area contributed by atoms with Crippen molar-refractivity contribution in [1.29, 1.82) is 0 Å². The highest BCUT2D eigenvalue weighted by Gasteiger charge is 2.21. The summed E-state index contributed by atoms with van der Waals surface area (Å²) in [5.41, 5.74) is 0. The second-order valence-electron chi connectivity index (χ2n) is 3.18. The average molecular weight is 238 g/mol. The lowest BCUT2D eigenvalue weighted by Crippen LogP contribution is -2.17. The summed E-state index contributed by atoms with van der Waals surface area (Å²) >= 11 is 0. The minimum Gasteiger partial charge on any atom is -0.346 e. The number of rotatable bonds is 10. The van der Waals surface area contributed by atoms with E-state index in [1.165, 1.54) is 0 Å². The molecule has 0 heterocycles. The van der Waals surface area contributed by atoms with Crippen LogP contribution in [0.5, 0.6) is 0 Å². The molecule has 0 bridgehead atoms. The van der Waals surface area contributed by atoms with E-state index in [-0.39, 0.29) is 0 Å². The lowest BCUT2D eigenvalue weighted by Gasteiger charge is -2.22. The Balaban J connectivity index is 3.84. The van der Waals surface area contributed by atoms with Crippen LogP contribution in [0.4, 0.5) is 0 Å². The van der Waals surface area contributed by atoms with Gasteiger partial charge in [-0.25, -0.2) is 0 Å². The van der Waals surface area contributed by atoms with E-state index in [1.54, 1.807) is 0 Å². The van der Waals surface area contributed by atoms with Crippen LogP contribution >= 0.6 is 8.38 Å². The van der Waals surface area contributed by atoms with Crippen LogP contribution in [-0.4, -0.2) is 30.7 Å². The highest BCUT2D eigenvalue weighted by molar-refractivity contribution is 7.46. The molecule has 15 heavy (non-hydrogen) atoms. The third kappa shape index (κ3) is 8.12. The first-order valence-electron chi connectivity index (χ1n) is 5.60. The van der Waals surface area contributed by atoms with E-state index in [1.807, 2.05) is 20.8 Å². The molecule has 0 aromatic carbocycles. The third-order valence-corrected chi connectivity index (χ3v) is 2.64. The summed E-state index contributed by atoms with van der Waals surface area (Å²) in [5.74, 6) is 0. The zero-order valence-electron chi connectivity index (χ0n) is 9.94. The molecule has 0 radical (unpaired) electrons. The van der Waals surface area contributed by atoms with Crippen molar-refractivity contribution in [3.8, 4) is 0 Å². The van der Waals surface area contributed by atoms with Gasteiger partial charge >= 0.3 is 0 Å². The van der Waals surface area contributed by atoms with Crippen LogP contribution in [0.15, 0.2) is 0 Å². The topological polar surface area (TPSA) is 47.9 Å². The number of hydrogen-bond acceptors (Lipinski definition) is 4. The Morgan fingerprint density at radius 3 is 1.80 bits per heavy atom. The smallest absolute Gasteiger partial charge is 0.228 e. The Morgan fingerprint density at radius 1 is 0.933 bits per heavy atom. The summed E-state index contributed by atoms with van der Waals surface area (Å²) < 4.78 is 16.0. The van der Waals surface area contributed by atoms with Crippen LogP contribution in [0.3, 0.4) is 0 Å². The van der Waals surface area contributed by atoms with Gasteiger partial charge in [0.15, 0.2) is 0 Å². The zero-order chi connectivity index (χ0) is 11.5. The standard InChI is InChI=1S/C10H23O4P/c1-4-7-12-10(13-8-5-2)15(11)14-9-6-3/h10-11H,4-9H2,1-3H3. The van der Waals surface area contributed by atoms with E-state index in [0.29, 0.717) is 19.8 Å². The second kappa shape index (κ2) is 10.8. The molecular formula is C10H23O4P. The molecule has 1 unspecified atom stereocenters. The molecule has 0 saturated carbocycles. The monoisotopic (exact) mass is 238 g/mol. The molecule has 0 spiro atoms. The Morgan fingerprint density at radius 2 is 1.40 bits per heavy atom. The van der Waals surface area contributed by atoms with E-state index in [9.17, 15) is 4.89 Å². The van der Waals surface area contributed by atoms with Crippen LogP contribution in [0.25, 0.3) is 0 Å². The fourth-order valence-corrected chi connectivity index (χ4v) is 1.82. The molecule has 0 aromatic heterocycles. The molecule has 0 aliphatic rings. The predicted octanol–water partition coefficient (Wildman–Crippen LogP) is 2.85. The Labute approximate surface area is 93.8 Å². The molecule has 1 atom stereocenters. The van der Waals surface area contributed by atoms with E-state index in [0.717, 1.165) is 19.3 Å². The molecule has 5 heteroatoms. The van der Waals surface area contributed by atoms with Crippen molar-refractivity contribution in [2.45, 2.75) is 46.1 Å². The maximum absolute atomic E-state index is 9.69. The minimum absolute atomic E-state index is 0.545. The fraction of sp³-hybridized carbons (Fsp3) is 1.00. The van der Waals surface area contributed by atoms with Crippen LogP contribution in [0, 0.1) is 0 Å². The first kappa shape index (κ1) is 15.3. The molecule has 4 nitrogen and oxygen atoms in total. The molecule has 0 aliphatic carbocycles. The van der Waals surface area contributed by atoms with Crippen LogP contribution < -0.4 is 0 Å². The van der Waals surface area contributed by atoms with Gasteiger partial charge in [-0.1, -0.05) is 20.8 Å². The van der Waals surface area contributed by atoms with Gasteiger partial charge in [-0.05, 0) is 19.3 Å². The van der Waals surface area contributed by atoms with Crippen LogP contribution in [-0.2, 0) is 14.0 Å². The zero-order valence-corrected chi connectivity index (χ0v) is 10.8. The number of ether oxygens (including phenoxy) is 2. The molecule has 1 N–H and O–H groups in total. The lowest BCUT2D eigenvalue weighted by molar-refractivity contribution is -0.0966. The van der Waals surface area contributed by atoms with Gasteiger partial charge < -0.3 is 18.9 Å². The third-order valence-electron chi connectivity index (χ3n) is 1.54. The van der Waals surface area contributed by atoms with Crippen molar-refractivity contribution in [2.75, 3.05) is 19.8 Å². The van der Waals surface area contributed by atoms with E-state index in [2.05, 4.69) is 0 Å². The van der Waals surface area contributed by atoms with E-state index >= 15 is 0 Å². The van der Waals surface area contributed by atoms with Crippen molar-refractivity contribution in [3.05, 3.63) is 0 Å². The summed E-state index contributed by atoms with van der Waals surface area (Å²) in [6, 6.07) is -0.591. The summed E-state index contributed by atoms with van der Waals surface area (Å²) in [4.78, 5) is 9.69. The molecule has 92 valence electrons. The quantitative estimate of drug-likeness (QED) is 0.469. The first-order chi connectivity index (χ1) is 7.26. The fourth-order valence-electron chi connectivity index (χ4n) is 0.859. The highest BCUT2D eigenvalue weighted by atomic mass is 31.2. The maximum Gasteiger partial charge on any atom is 0.228 e. The van der Waals surface area contributed by atoms with Gasteiger partial charge in [0.1, 0.15) is 0 Å². The molecule has 0 saturated heterocycles. The van der Waals surface area contributed by atoms with E-state index in [4.69, 9.17) is 14.0 Å². The lowest BCUT2D eigenvalue weighted by atomic mass is 10.5. The van der Waals surface area contributed by atoms with Crippen LogP contribution in [0.2, 0.25) is 0 Å². The summed E-state index contributed by atoms with van der Waals surface area (Å²) in [7, 11) is -1.62.